The second-order valence-electron chi connectivity index (χ2n) is 5.35. The van der Waals surface area contributed by atoms with Gasteiger partial charge in [0.1, 0.15) is 5.60 Å². The molecule has 0 saturated heterocycles. The highest BCUT2D eigenvalue weighted by molar-refractivity contribution is 7.17. The fraction of sp³-hybridized carbons (Fsp3) is 0.500. The van der Waals surface area contributed by atoms with E-state index in [1.165, 1.54) is 23.2 Å². The Hall–Kier alpha value is -1.69. The predicted molar refractivity (Wildman–Crippen MR) is 80.6 cm³/mol. The highest BCUT2D eigenvalue weighted by Gasteiger charge is 2.26. The molecule has 0 N–H and O–H groups in total. The molecule has 0 aliphatic heterocycles. The lowest BCUT2D eigenvalue weighted by molar-refractivity contribution is 0.0584. The Labute approximate surface area is 123 Å². The van der Waals surface area contributed by atoms with Crippen LogP contribution in [0.25, 0.3) is 0 Å². The molecule has 0 unspecified atom stereocenters. The summed E-state index contributed by atoms with van der Waals surface area (Å²) in [5.74, 6) is -0.0611. The van der Waals surface area contributed by atoms with Gasteiger partial charge in [-0.25, -0.2) is 14.7 Å². The molecule has 0 spiro atoms. The van der Waals surface area contributed by atoms with Crippen LogP contribution in [0.2, 0.25) is 0 Å². The molecule has 5 nitrogen and oxygen atoms in total. The van der Waals surface area contributed by atoms with Gasteiger partial charge >= 0.3 is 6.09 Å². The first-order valence-corrected chi connectivity index (χ1v) is 7.07. The lowest BCUT2D eigenvalue weighted by Gasteiger charge is -2.24. The zero-order chi connectivity index (χ0) is 15.5. The summed E-state index contributed by atoms with van der Waals surface area (Å²) in [6.45, 7) is 12.5. The van der Waals surface area contributed by atoms with Crippen molar-refractivity contribution in [1.82, 2.24) is 4.98 Å². The summed E-state index contributed by atoms with van der Waals surface area (Å²) >= 11 is 1.19. The van der Waals surface area contributed by atoms with Crippen molar-refractivity contribution < 1.29 is 14.3 Å². The van der Waals surface area contributed by atoms with Gasteiger partial charge in [0, 0.05) is 13.5 Å². The Bertz CT molecular complexity index is 529. The molecule has 0 radical (unpaired) electrons. The van der Waals surface area contributed by atoms with E-state index in [9.17, 15) is 9.59 Å². The van der Waals surface area contributed by atoms with Gasteiger partial charge in [-0.1, -0.05) is 17.4 Å². The molecule has 0 saturated carbocycles. The third kappa shape index (κ3) is 4.16. The van der Waals surface area contributed by atoms with Gasteiger partial charge in [-0.15, -0.1) is 6.58 Å². The normalized spacial score (nSPS) is 11.1. The van der Waals surface area contributed by atoms with Crippen LogP contribution >= 0.6 is 11.3 Å². The number of nitrogens with zero attached hydrogens (tertiary/aromatic N) is 2. The van der Waals surface area contributed by atoms with Crippen LogP contribution in [0, 0.1) is 6.92 Å². The second kappa shape index (κ2) is 6.17. The summed E-state index contributed by atoms with van der Waals surface area (Å²) in [5.41, 5.74) is 0.0294. The van der Waals surface area contributed by atoms with Crippen LogP contribution in [0.5, 0.6) is 0 Å². The summed E-state index contributed by atoms with van der Waals surface area (Å²) in [6.07, 6.45) is 1.09. The van der Waals surface area contributed by atoms with E-state index in [0.717, 1.165) is 0 Å². The number of hydrogen-bond acceptors (Lipinski definition) is 5. The fourth-order valence-electron chi connectivity index (χ4n) is 1.50. The molecule has 110 valence electrons. The average Bonchev–Trinajstić information content (AvgIpc) is 2.65. The molecule has 0 aromatic carbocycles. The Balaban J connectivity index is 3.08. The first-order chi connectivity index (χ1) is 9.15. The van der Waals surface area contributed by atoms with Crippen LogP contribution in [-0.4, -0.2) is 29.0 Å². The molecular formula is C14H20N2O3S. The third-order valence-corrected chi connectivity index (χ3v) is 3.54. The number of amides is 1. The van der Waals surface area contributed by atoms with Crippen LogP contribution in [0.3, 0.4) is 0 Å². The maximum absolute atomic E-state index is 12.2. The van der Waals surface area contributed by atoms with Crippen molar-refractivity contribution in [3.63, 3.8) is 0 Å². The minimum absolute atomic E-state index is 0.0611. The summed E-state index contributed by atoms with van der Waals surface area (Å²) in [5, 5.41) is 0.446. The van der Waals surface area contributed by atoms with Gasteiger partial charge in [-0.3, -0.25) is 4.79 Å². The number of carbonyl (C=O) groups excluding carboxylic acids is 2. The highest BCUT2D eigenvalue weighted by Crippen LogP contribution is 2.27. The van der Waals surface area contributed by atoms with Gasteiger partial charge in [0.05, 0.1) is 10.6 Å². The zero-order valence-corrected chi connectivity index (χ0v) is 13.3. The first kappa shape index (κ1) is 16.4. The number of ketones is 1. The minimum Gasteiger partial charge on any atom is -0.443 e. The smallest absolute Gasteiger partial charge is 0.416 e. The number of thiazole rings is 1. The van der Waals surface area contributed by atoms with Gasteiger partial charge in [0.2, 0.25) is 0 Å². The Morgan fingerprint density at radius 2 is 2.05 bits per heavy atom. The summed E-state index contributed by atoms with van der Waals surface area (Å²) < 4.78 is 5.34. The Kier molecular flexibility index (Phi) is 5.05. The van der Waals surface area contributed by atoms with Gasteiger partial charge in [-0.05, 0) is 27.7 Å². The maximum Gasteiger partial charge on any atom is 0.416 e. The number of ether oxygens (including phenoxy) is 1. The van der Waals surface area contributed by atoms with Crippen molar-refractivity contribution in [1.29, 1.82) is 0 Å². The SMILES string of the molecule is C=CCN(C(=O)OC(C)(C)C)c1nc(C)c(C(C)=O)s1. The Morgan fingerprint density at radius 3 is 2.45 bits per heavy atom. The molecule has 0 fully saturated rings. The molecule has 1 aromatic rings. The molecule has 6 heteroatoms. The second-order valence-corrected chi connectivity index (χ2v) is 6.32. The number of Topliss-reactive ketones (excluding diaryl/α,β-unsaturated/α-hetero) is 1. The molecule has 0 atom stereocenters. The molecule has 0 aliphatic carbocycles. The van der Waals surface area contributed by atoms with Crippen LogP contribution < -0.4 is 4.90 Å². The van der Waals surface area contributed by atoms with E-state index in [-0.39, 0.29) is 12.3 Å². The number of anilines is 1. The van der Waals surface area contributed by atoms with Gasteiger partial charge in [-0.2, -0.15) is 0 Å². The standard InChI is InChI=1S/C14H20N2O3S/c1-7-8-16(13(18)19-14(4,5)6)12-15-9(2)11(20-12)10(3)17/h7H,1,8H2,2-6H3. The van der Waals surface area contributed by atoms with E-state index < -0.39 is 11.7 Å². The molecule has 1 amide bonds. The minimum atomic E-state index is -0.591. The third-order valence-electron chi connectivity index (χ3n) is 2.26. The van der Waals surface area contributed by atoms with Crippen LogP contribution in [0.15, 0.2) is 12.7 Å². The van der Waals surface area contributed by atoms with E-state index in [1.807, 2.05) is 0 Å². The summed E-state index contributed by atoms with van der Waals surface area (Å²) in [7, 11) is 0. The average molecular weight is 296 g/mol. The largest absolute Gasteiger partial charge is 0.443 e. The quantitative estimate of drug-likeness (QED) is 0.629. The topological polar surface area (TPSA) is 59.5 Å². The van der Waals surface area contributed by atoms with Crippen molar-refractivity contribution in [2.24, 2.45) is 0 Å². The molecule has 1 rings (SSSR count). The molecule has 0 bridgehead atoms. The van der Waals surface area contributed by atoms with Crippen molar-refractivity contribution in [2.75, 3.05) is 11.4 Å². The number of carbonyl (C=O) groups is 2. The number of rotatable bonds is 4. The first-order valence-electron chi connectivity index (χ1n) is 6.25. The maximum atomic E-state index is 12.2. The number of aryl methyl sites for hydroxylation is 1. The van der Waals surface area contributed by atoms with Crippen LogP contribution in [0.4, 0.5) is 9.93 Å². The van der Waals surface area contributed by atoms with E-state index >= 15 is 0 Å². The zero-order valence-electron chi connectivity index (χ0n) is 12.5. The molecule has 0 aliphatic rings. The molecule has 1 aromatic heterocycles. The lowest BCUT2D eigenvalue weighted by Crippen LogP contribution is -2.37. The summed E-state index contributed by atoms with van der Waals surface area (Å²) in [4.78, 5) is 29.9. The molecule has 20 heavy (non-hydrogen) atoms. The van der Waals surface area contributed by atoms with E-state index in [0.29, 0.717) is 15.7 Å². The van der Waals surface area contributed by atoms with Crippen LogP contribution in [0.1, 0.15) is 43.1 Å². The fourth-order valence-corrected chi connectivity index (χ4v) is 2.46. The monoisotopic (exact) mass is 296 g/mol. The van der Waals surface area contributed by atoms with Gasteiger partial charge in [0.25, 0.3) is 0 Å². The van der Waals surface area contributed by atoms with E-state index in [4.69, 9.17) is 4.74 Å². The van der Waals surface area contributed by atoms with Crippen molar-refractivity contribution >= 4 is 28.3 Å². The van der Waals surface area contributed by atoms with E-state index in [2.05, 4.69) is 11.6 Å². The number of aromatic nitrogens is 1. The van der Waals surface area contributed by atoms with Crippen molar-refractivity contribution in [2.45, 2.75) is 40.2 Å². The van der Waals surface area contributed by atoms with Gasteiger partial charge < -0.3 is 4.74 Å². The van der Waals surface area contributed by atoms with Gasteiger partial charge in [0.15, 0.2) is 10.9 Å². The number of hydrogen-bond donors (Lipinski definition) is 0. The highest BCUT2D eigenvalue weighted by atomic mass is 32.1. The molecule has 1 heterocycles. The van der Waals surface area contributed by atoms with Crippen LogP contribution in [-0.2, 0) is 4.74 Å². The van der Waals surface area contributed by atoms with Crippen molar-refractivity contribution in [3.05, 3.63) is 23.2 Å². The molecular weight excluding hydrogens is 276 g/mol. The Morgan fingerprint density at radius 1 is 1.45 bits per heavy atom. The summed E-state index contributed by atoms with van der Waals surface area (Å²) in [6, 6.07) is 0. The van der Waals surface area contributed by atoms with E-state index in [1.54, 1.807) is 33.8 Å². The lowest BCUT2D eigenvalue weighted by atomic mass is 10.2. The predicted octanol–water partition coefficient (Wildman–Crippen LogP) is 3.58. The van der Waals surface area contributed by atoms with Crippen molar-refractivity contribution in [3.8, 4) is 0 Å².